The summed E-state index contributed by atoms with van der Waals surface area (Å²) in [5.41, 5.74) is 4.07. The van der Waals surface area contributed by atoms with Crippen LogP contribution in [0.5, 0.6) is 11.5 Å². The molecule has 2 bridgehead atoms. The van der Waals surface area contributed by atoms with Gasteiger partial charge in [-0.25, -0.2) is 29.3 Å². The van der Waals surface area contributed by atoms with Crippen molar-refractivity contribution >= 4 is 39.6 Å². The van der Waals surface area contributed by atoms with E-state index in [1.807, 2.05) is 28.6 Å². The molecule has 1 aliphatic carbocycles. The van der Waals surface area contributed by atoms with Gasteiger partial charge >= 0.3 is 0 Å². The van der Waals surface area contributed by atoms with Crippen LogP contribution in [-0.2, 0) is 11.8 Å². The van der Waals surface area contributed by atoms with Gasteiger partial charge in [-0.05, 0) is 62.4 Å². The van der Waals surface area contributed by atoms with Crippen LogP contribution >= 0.6 is 0 Å². The smallest absolute Gasteiger partial charge is 0.246 e. The van der Waals surface area contributed by atoms with E-state index in [0.717, 1.165) is 37.1 Å². The summed E-state index contributed by atoms with van der Waals surface area (Å²) in [4.78, 5) is 36.9. The van der Waals surface area contributed by atoms with Gasteiger partial charge in [0.25, 0.3) is 0 Å². The number of rotatable bonds is 6. The second kappa shape index (κ2) is 10.2. The largest absolute Gasteiger partial charge is 0.455 e. The van der Waals surface area contributed by atoms with E-state index >= 15 is 4.39 Å². The Morgan fingerprint density at radius 1 is 1.14 bits per heavy atom. The number of aromatic nitrogens is 6. The van der Waals surface area contributed by atoms with Crippen LogP contribution in [-0.4, -0.2) is 52.9 Å². The van der Waals surface area contributed by atoms with Gasteiger partial charge in [0.15, 0.2) is 17.3 Å². The molecule has 4 aromatic heterocycles. The zero-order valence-electron chi connectivity index (χ0n) is 23.3. The number of pyridine rings is 2. The Morgan fingerprint density at radius 2 is 2.02 bits per heavy atom. The molecule has 8 rings (SSSR count). The molecule has 0 radical (unpaired) electrons. The molecule has 10 nitrogen and oxygen atoms in total. The lowest BCUT2D eigenvalue weighted by Gasteiger charge is -2.49. The third kappa shape index (κ3) is 4.41. The average Bonchev–Trinajstić information content (AvgIpc) is 3.40. The van der Waals surface area contributed by atoms with Crippen LogP contribution in [0.15, 0.2) is 61.8 Å². The lowest BCUT2D eigenvalue weighted by molar-refractivity contribution is -0.134. The molecule has 3 atom stereocenters. The predicted molar refractivity (Wildman–Crippen MR) is 156 cm³/mol. The van der Waals surface area contributed by atoms with E-state index in [4.69, 9.17) is 9.72 Å². The van der Waals surface area contributed by atoms with Gasteiger partial charge in [-0.15, -0.1) is 0 Å². The van der Waals surface area contributed by atoms with Crippen molar-refractivity contribution in [1.29, 1.82) is 0 Å². The number of halogens is 1. The third-order valence-corrected chi connectivity index (χ3v) is 8.46. The lowest BCUT2D eigenvalue weighted by Crippen LogP contribution is -2.54. The number of amides is 1. The minimum Gasteiger partial charge on any atom is -0.455 e. The number of fused-ring (bicyclic) bond motifs is 5. The monoisotopic (exact) mass is 564 g/mol. The molecule has 0 spiro atoms. The Balaban J connectivity index is 1.17. The topological polar surface area (TPSA) is 111 Å². The van der Waals surface area contributed by atoms with Crippen molar-refractivity contribution in [2.75, 3.05) is 11.9 Å². The normalized spacial score (nSPS) is 19.8. The minimum atomic E-state index is -0.467. The van der Waals surface area contributed by atoms with Gasteiger partial charge in [0.2, 0.25) is 5.91 Å². The number of benzene rings is 1. The molecule has 5 aromatic rings. The molecular formula is C31H29FN8O2. The first-order chi connectivity index (χ1) is 20.4. The SMILES string of the molecule is C=CC(=O)N1C[C@H]2CC[C@@H]1[C@H](c1ccc3ncnc(Nc4ccc(Oc5cnc6c(c5)ncn6C)c(C)c4F)c3n1)C2. The standard InChI is InChI=1S/C31H29FN8O2/c1-4-27(41)40-14-18-5-9-25(40)20(11-18)21-6-7-23-29(37-21)30(35-15-34-23)38-22-8-10-26(17(2)28(22)32)42-19-12-24-31(33-13-19)39(3)16-36-24/h4,6-8,10,12-13,15-16,18,20,25H,1,5,9,11,14H2,2-3H3,(H,34,35,38)/t18-,20-,25+/m0/s1. The highest BCUT2D eigenvalue weighted by atomic mass is 19.1. The molecule has 1 saturated carbocycles. The van der Waals surface area contributed by atoms with Gasteiger partial charge < -0.3 is 19.5 Å². The molecule has 6 heterocycles. The van der Waals surface area contributed by atoms with E-state index in [9.17, 15) is 4.79 Å². The van der Waals surface area contributed by atoms with Crippen molar-refractivity contribution in [2.24, 2.45) is 13.0 Å². The maximum absolute atomic E-state index is 15.6. The molecule has 1 amide bonds. The van der Waals surface area contributed by atoms with Gasteiger partial charge in [-0.3, -0.25) is 4.79 Å². The van der Waals surface area contributed by atoms with Crippen LogP contribution in [0, 0.1) is 18.7 Å². The summed E-state index contributed by atoms with van der Waals surface area (Å²) in [6, 6.07) is 9.06. The molecule has 3 fully saturated rings. The van der Waals surface area contributed by atoms with Crippen LogP contribution < -0.4 is 10.1 Å². The highest BCUT2D eigenvalue weighted by Crippen LogP contribution is 2.44. The molecule has 1 aromatic carbocycles. The van der Waals surface area contributed by atoms with Crippen molar-refractivity contribution < 1.29 is 13.9 Å². The van der Waals surface area contributed by atoms with Crippen LogP contribution in [0.3, 0.4) is 0 Å². The first kappa shape index (κ1) is 26.0. The van der Waals surface area contributed by atoms with Crippen molar-refractivity contribution in [3.8, 4) is 11.5 Å². The van der Waals surface area contributed by atoms with E-state index in [0.29, 0.717) is 45.3 Å². The first-order valence-electron chi connectivity index (χ1n) is 14.0. The fourth-order valence-corrected chi connectivity index (χ4v) is 6.32. The van der Waals surface area contributed by atoms with Crippen LogP contribution in [0.1, 0.15) is 36.4 Å². The summed E-state index contributed by atoms with van der Waals surface area (Å²) in [5.74, 6) is 1.28. The lowest BCUT2D eigenvalue weighted by atomic mass is 9.71. The van der Waals surface area contributed by atoms with E-state index < -0.39 is 5.82 Å². The summed E-state index contributed by atoms with van der Waals surface area (Å²) >= 11 is 0. The molecule has 2 saturated heterocycles. The highest BCUT2D eigenvalue weighted by Gasteiger charge is 2.43. The number of anilines is 2. The molecule has 3 aliphatic rings. The summed E-state index contributed by atoms with van der Waals surface area (Å²) in [5, 5.41) is 3.13. The van der Waals surface area contributed by atoms with Gasteiger partial charge in [0.05, 0.1) is 23.7 Å². The van der Waals surface area contributed by atoms with E-state index in [2.05, 4.69) is 31.8 Å². The number of carbonyl (C=O) groups excluding carboxylic acids is 1. The Labute approximate surface area is 241 Å². The van der Waals surface area contributed by atoms with E-state index in [-0.39, 0.29) is 23.6 Å². The Bertz CT molecular complexity index is 1870. The summed E-state index contributed by atoms with van der Waals surface area (Å²) in [6.45, 7) is 6.11. The molecule has 1 N–H and O–H groups in total. The second-order valence-electron chi connectivity index (χ2n) is 11.0. The fourth-order valence-electron chi connectivity index (χ4n) is 6.32. The number of ether oxygens (including phenoxy) is 1. The zero-order valence-corrected chi connectivity index (χ0v) is 23.3. The van der Waals surface area contributed by atoms with Crippen molar-refractivity contribution in [1.82, 2.24) is 34.4 Å². The third-order valence-electron chi connectivity index (χ3n) is 8.46. The number of aryl methyl sites for hydroxylation is 1. The molecule has 212 valence electrons. The van der Waals surface area contributed by atoms with E-state index in [1.165, 1.54) is 12.4 Å². The summed E-state index contributed by atoms with van der Waals surface area (Å²) < 4.78 is 23.4. The Morgan fingerprint density at radius 3 is 2.86 bits per heavy atom. The number of hydrogen-bond donors (Lipinski definition) is 1. The van der Waals surface area contributed by atoms with Crippen molar-refractivity contribution in [3.63, 3.8) is 0 Å². The first-order valence-corrected chi connectivity index (χ1v) is 14.0. The number of nitrogens with one attached hydrogen (secondary N) is 1. The number of carbonyl (C=O) groups is 1. The summed E-state index contributed by atoms with van der Waals surface area (Å²) in [6.07, 6.45) is 9.12. The average molecular weight is 565 g/mol. The fraction of sp³-hybridized carbons (Fsp3) is 0.290. The molecular weight excluding hydrogens is 535 g/mol. The van der Waals surface area contributed by atoms with Crippen molar-refractivity contribution in [3.05, 3.63) is 78.9 Å². The van der Waals surface area contributed by atoms with E-state index in [1.54, 1.807) is 37.6 Å². The molecule has 42 heavy (non-hydrogen) atoms. The number of hydrogen-bond acceptors (Lipinski definition) is 8. The molecule has 11 heteroatoms. The Hall–Kier alpha value is -4.93. The summed E-state index contributed by atoms with van der Waals surface area (Å²) in [7, 11) is 1.87. The quantitative estimate of drug-likeness (QED) is 0.267. The maximum atomic E-state index is 15.6. The zero-order chi connectivity index (χ0) is 29.0. The minimum absolute atomic E-state index is 0.0345. The second-order valence-corrected chi connectivity index (χ2v) is 11.0. The van der Waals surface area contributed by atoms with Gasteiger partial charge in [-0.2, -0.15) is 0 Å². The van der Waals surface area contributed by atoms with Gasteiger partial charge in [0.1, 0.15) is 28.9 Å². The van der Waals surface area contributed by atoms with Crippen LogP contribution in [0.25, 0.3) is 22.2 Å². The Kier molecular flexibility index (Phi) is 6.29. The van der Waals surface area contributed by atoms with Gasteiger partial charge in [0, 0.05) is 42.9 Å². The van der Waals surface area contributed by atoms with Gasteiger partial charge in [-0.1, -0.05) is 6.58 Å². The van der Waals surface area contributed by atoms with Crippen LogP contribution in [0.2, 0.25) is 0 Å². The molecule has 0 unspecified atom stereocenters. The molecule has 2 aliphatic heterocycles. The number of imidazole rings is 1. The highest BCUT2D eigenvalue weighted by molar-refractivity contribution is 5.88. The van der Waals surface area contributed by atoms with Crippen LogP contribution in [0.4, 0.5) is 15.9 Å². The van der Waals surface area contributed by atoms with Crippen molar-refractivity contribution in [2.45, 2.75) is 38.1 Å². The predicted octanol–water partition coefficient (Wildman–Crippen LogP) is 5.57. The number of nitrogens with zero attached hydrogens (tertiary/aromatic N) is 7. The number of piperidine rings is 2. The maximum Gasteiger partial charge on any atom is 0.246 e.